The molecular formula is C18H28N2O3S. The topological polar surface area (TPSA) is 66.5 Å². The molecule has 1 saturated heterocycles. The van der Waals surface area contributed by atoms with Gasteiger partial charge in [-0.3, -0.25) is 19.3 Å². The molecule has 1 saturated carbocycles. The van der Waals surface area contributed by atoms with Gasteiger partial charge in [0.1, 0.15) is 6.54 Å². The average Bonchev–Trinajstić information content (AvgIpc) is 2.70. The first-order valence-corrected chi connectivity index (χ1v) is 9.74. The Morgan fingerprint density at radius 1 is 1.21 bits per heavy atom. The highest BCUT2D eigenvalue weighted by molar-refractivity contribution is 8.04. The SMILES string of the molecule is CC(C)(C)C(=O)/C=C1\SCC(=O)N1CC(=O)NC1CCCCCC1. The van der Waals surface area contributed by atoms with Crippen LogP contribution in [-0.4, -0.2) is 40.8 Å². The summed E-state index contributed by atoms with van der Waals surface area (Å²) in [7, 11) is 0. The van der Waals surface area contributed by atoms with Crippen LogP contribution >= 0.6 is 11.8 Å². The van der Waals surface area contributed by atoms with E-state index in [1.807, 2.05) is 20.8 Å². The zero-order valence-corrected chi connectivity index (χ0v) is 15.7. The Morgan fingerprint density at radius 2 is 1.83 bits per heavy atom. The van der Waals surface area contributed by atoms with E-state index in [-0.39, 0.29) is 30.2 Å². The fraction of sp³-hybridized carbons (Fsp3) is 0.722. The molecule has 5 nitrogen and oxygen atoms in total. The minimum atomic E-state index is -0.493. The molecule has 2 aliphatic rings. The van der Waals surface area contributed by atoms with E-state index in [0.29, 0.717) is 10.8 Å². The van der Waals surface area contributed by atoms with Crippen molar-refractivity contribution in [1.82, 2.24) is 10.2 Å². The summed E-state index contributed by atoms with van der Waals surface area (Å²) >= 11 is 1.33. The number of rotatable bonds is 4. The van der Waals surface area contributed by atoms with E-state index in [2.05, 4.69) is 5.32 Å². The Labute approximate surface area is 148 Å². The average molecular weight is 353 g/mol. The lowest BCUT2D eigenvalue weighted by Gasteiger charge is -2.21. The van der Waals surface area contributed by atoms with Crippen molar-refractivity contribution in [2.24, 2.45) is 5.41 Å². The van der Waals surface area contributed by atoms with Gasteiger partial charge in [-0.15, -0.1) is 0 Å². The molecule has 0 aromatic rings. The fourth-order valence-electron chi connectivity index (χ4n) is 2.87. The van der Waals surface area contributed by atoms with Crippen molar-refractivity contribution in [3.05, 3.63) is 11.1 Å². The Morgan fingerprint density at radius 3 is 2.42 bits per heavy atom. The van der Waals surface area contributed by atoms with E-state index in [1.54, 1.807) is 0 Å². The van der Waals surface area contributed by atoms with Gasteiger partial charge < -0.3 is 5.32 Å². The molecule has 1 heterocycles. The molecule has 0 bridgehead atoms. The molecule has 0 aromatic carbocycles. The van der Waals surface area contributed by atoms with Crippen LogP contribution in [0.4, 0.5) is 0 Å². The third-order valence-electron chi connectivity index (χ3n) is 4.43. The van der Waals surface area contributed by atoms with Crippen molar-refractivity contribution in [2.75, 3.05) is 12.3 Å². The minimum absolute atomic E-state index is 0.00555. The van der Waals surface area contributed by atoms with Crippen LogP contribution in [0.25, 0.3) is 0 Å². The molecule has 134 valence electrons. The van der Waals surface area contributed by atoms with Gasteiger partial charge in [-0.2, -0.15) is 0 Å². The molecule has 2 amide bonds. The molecule has 2 fully saturated rings. The summed E-state index contributed by atoms with van der Waals surface area (Å²) in [6.07, 6.45) is 8.29. The Bertz CT molecular complexity index is 529. The van der Waals surface area contributed by atoms with Crippen LogP contribution in [0.2, 0.25) is 0 Å². The van der Waals surface area contributed by atoms with Gasteiger partial charge in [-0.1, -0.05) is 58.2 Å². The van der Waals surface area contributed by atoms with E-state index in [4.69, 9.17) is 0 Å². The number of carbonyl (C=O) groups is 3. The van der Waals surface area contributed by atoms with Crippen molar-refractivity contribution in [1.29, 1.82) is 0 Å². The molecule has 2 rings (SSSR count). The molecule has 1 aliphatic heterocycles. The lowest BCUT2D eigenvalue weighted by Crippen LogP contribution is -2.42. The lowest BCUT2D eigenvalue weighted by atomic mass is 9.91. The first-order valence-electron chi connectivity index (χ1n) is 8.76. The normalized spacial score (nSPS) is 21.9. The largest absolute Gasteiger partial charge is 0.352 e. The third kappa shape index (κ3) is 5.36. The Hall–Kier alpha value is -1.30. The van der Waals surface area contributed by atoms with Crippen molar-refractivity contribution in [2.45, 2.75) is 65.3 Å². The summed E-state index contributed by atoms with van der Waals surface area (Å²) in [6, 6.07) is 0.217. The number of ketones is 1. The summed E-state index contributed by atoms with van der Waals surface area (Å²) in [5, 5.41) is 3.65. The molecule has 0 aromatic heterocycles. The summed E-state index contributed by atoms with van der Waals surface area (Å²) in [5.74, 6) is 0.0182. The maximum Gasteiger partial charge on any atom is 0.240 e. The molecule has 0 radical (unpaired) electrons. The van der Waals surface area contributed by atoms with Gasteiger partial charge >= 0.3 is 0 Å². The number of hydrogen-bond acceptors (Lipinski definition) is 4. The first kappa shape index (κ1) is 19.0. The Balaban J connectivity index is 1.97. The van der Waals surface area contributed by atoms with Crippen LogP contribution in [-0.2, 0) is 14.4 Å². The van der Waals surface area contributed by atoms with Crippen molar-refractivity contribution in [3.63, 3.8) is 0 Å². The van der Waals surface area contributed by atoms with E-state index in [1.165, 1.54) is 35.6 Å². The molecular weight excluding hydrogens is 324 g/mol. The van der Waals surface area contributed by atoms with E-state index < -0.39 is 5.41 Å². The van der Waals surface area contributed by atoms with Crippen LogP contribution in [0.1, 0.15) is 59.3 Å². The van der Waals surface area contributed by atoms with Crippen molar-refractivity contribution < 1.29 is 14.4 Å². The van der Waals surface area contributed by atoms with Crippen LogP contribution in [0.5, 0.6) is 0 Å². The molecule has 6 heteroatoms. The zero-order chi connectivity index (χ0) is 17.7. The number of thioether (sulfide) groups is 1. The van der Waals surface area contributed by atoms with E-state index in [0.717, 1.165) is 25.7 Å². The van der Waals surface area contributed by atoms with E-state index in [9.17, 15) is 14.4 Å². The van der Waals surface area contributed by atoms with Gasteiger partial charge in [0.15, 0.2) is 5.78 Å². The first-order chi connectivity index (χ1) is 11.3. The van der Waals surface area contributed by atoms with Crippen LogP contribution in [0.15, 0.2) is 11.1 Å². The maximum atomic E-state index is 12.3. The number of amides is 2. The second-order valence-corrected chi connectivity index (χ2v) is 8.62. The van der Waals surface area contributed by atoms with E-state index >= 15 is 0 Å². The maximum absolute atomic E-state index is 12.3. The number of allylic oxidation sites excluding steroid dienone is 1. The van der Waals surface area contributed by atoms with Crippen LogP contribution in [0, 0.1) is 5.41 Å². The number of hydrogen-bond donors (Lipinski definition) is 1. The van der Waals surface area contributed by atoms with Gasteiger partial charge in [0.25, 0.3) is 0 Å². The summed E-state index contributed by atoms with van der Waals surface area (Å²) in [6.45, 7) is 5.54. The minimum Gasteiger partial charge on any atom is -0.352 e. The molecule has 1 N–H and O–H groups in total. The lowest BCUT2D eigenvalue weighted by molar-refractivity contribution is -0.131. The quantitative estimate of drug-likeness (QED) is 0.624. The van der Waals surface area contributed by atoms with Gasteiger partial charge in [-0.05, 0) is 12.8 Å². The van der Waals surface area contributed by atoms with Gasteiger partial charge in [0.2, 0.25) is 11.8 Å². The Kier molecular flexibility index (Phi) is 6.49. The highest BCUT2D eigenvalue weighted by Crippen LogP contribution is 2.30. The predicted molar refractivity (Wildman–Crippen MR) is 96.3 cm³/mol. The highest BCUT2D eigenvalue weighted by Gasteiger charge is 2.31. The zero-order valence-electron chi connectivity index (χ0n) is 14.9. The smallest absolute Gasteiger partial charge is 0.240 e. The number of nitrogens with one attached hydrogen (secondary N) is 1. The van der Waals surface area contributed by atoms with Crippen molar-refractivity contribution >= 4 is 29.4 Å². The fourth-order valence-corrected chi connectivity index (χ4v) is 3.81. The molecule has 1 aliphatic carbocycles. The molecule has 0 spiro atoms. The molecule has 24 heavy (non-hydrogen) atoms. The third-order valence-corrected chi connectivity index (χ3v) is 5.45. The summed E-state index contributed by atoms with van der Waals surface area (Å²) in [5.41, 5.74) is -0.493. The van der Waals surface area contributed by atoms with Crippen molar-refractivity contribution in [3.8, 4) is 0 Å². The number of nitrogens with zero attached hydrogens (tertiary/aromatic N) is 1. The molecule has 0 unspecified atom stereocenters. The summed E-state index contributed by atoms with van der Waals surface area (Å²) < 4.78 is 0. The second kappa shape index (κ2) is 8.19. The van der Waals surface area contributed by atoms with Crippen LogP contribution < -0.4 is 5.32 Å². The van der Waals surface area contributed by atoms with Gasteiger partial charge in [0, 0.05) is 17.5 Å². The second-order valence-electron chi connectivity index (χ2n) is 7.62. The van der Waals surface area contributed by atoms with Gasteiger partial charge in [-0.25, -0.2) is 0 Å². The summed E-state index contributed by atoms with van der Waals surface area (Å²) in [4.78, 5) is 38.0. The number of carbonyl (C=O) groups excluding carboxylic acids is 3. The molecule has 0 atom stereocenters. The monoisotopic (exact) mass is 352 g/mol. The standard InChI is InChI=1S/C18H28N2O3S/c1-18(2,3)14(21)10-17-20(16(23)12-24-17)11-15(22)19-13-8-6-4-5-7-9-13/h10,13H,4-9,11-12H2,1-3H3,(H,19,22)/b17-10-. The predicted octanol–water partition coefficient (Wildman–Crippen LogP) is 2.86. The van der Waals surface area contributed by atoms with Gasteiger partial charge in [0.05, 0.1) is 10.8 Å². The highest BCUT2D eigenvalue weighted by atomic mass is 32.2. The van der Waals surface area contributed by atoms with Crippen LogP contribution in [0.3, 0.4) is 0 Å².